The van der Waals surface area contributed by atoms with Gasteiger partial charge in [0, 0.05) is 24.0 Å². The first-order valence-corrected chi connectivity index (χ1v) is 6.59. The van der Waals surface area contributed by atoms with E-state index in [1.807, 2.05) is 30.3 Å². The van der Waals surface area contributed by atoms with E-state index in [2.05, 4.69) is 10.3 Å². The summed E-state index contributed by atoms with van der Waals surface area (Å²) in [5.41, 5.74) is 1.86. The van der Waals surface area contributed by atoms with Gasteiger partial charge in [-0.25, -0.2) is 0 Å². The van der Waals surface area contributed by atoms with Crippen LogP contribution in [0.25, 0.3) is 10.9 Å². The molecule has 0 radical (unpaired) electrons. The maximum absolute atomic E-state index is 12.2. The molecule has 108 valence electrons. The van der Waals surface area contributed by atoms with Crippen molar-refractivity contribution in [3.05, 3.63) is 42.1 Å². The average molecular weight is 282 g/mol. The lowest BCUT2D eigenvalue weighted by Gasteiger charge is -2.19. The first kappa shape index (κ1) is 14.8. The van der Waals surface area contributed by atoms with Gasteiger partial charge in [0.1, 0.15) is 0 Å². The van der Waals surface area contributed by atoms with Crippen molar-refractivity contribution in [3.63, 3.8) is 0 Å². The highest BCUT2D eigenvalue weighted by molar-refractivity contribution is 5.82. The van der Waals surface area contributed by atoms with Crippen LogP contribution in [0, 0.1) is 0 Å². The number of nitrogens with one attached hydrogen (secondary N) is 1. The Morgan fingerprint density at radius 1 is 1.20 bits per heavy atom. The number of halogens is 3. The molecule has 1 aromatic heterocycles. The molecule has 0 aliphatic rings. The van der Waals surface area contributed by atoms with E-state index in [1.54, 1.807) is 13.2 Å². The maximum atomic E-state index is 12.2. The van der Waals surface area contributed by atoms with Gasteiger partial charge in [-0.1, -0.05) is 18.2 Å². The summed E-state index contributed by atoms with van der Waals surface area (Å²) in [6.45, 7) is 0. The average Bonchev–Trinajstić information content (AvgIpc) is 2.42. The summed E-state index contributed by atoms with van der Waals surface area (Å²) in [6.07, 6.45) is -2.55. The number of alkyl halides is 3. The SMILES string of the molecule is CNC(CCCC(F)(F)F)c1cccc2ncccc12. The lowest BCUT2D eigenvalue weighted by Crippen LogP contribution is -2.18. The summed E-state index contributed by atoms with van der Waals surface area (Å²) >= 11 is 0. The molecule has 0 bridgehead atoms. The summed E-state index contributed by atoms with van der Waals surface area (Å²) < 4.78 is 36.7. The quantitative estimate of drug-likeness (QED) is 0.887. The molecule has 0 spiro atoms. The van der Waals surface area contributed by atoms with Crippen molar-refractivity contribution >= 4 is 10.9 Å². The standard InChI is InChI=1S/C15H17F3N2/c1-19-13(8-3-9-15(16,17)18)11-5-2-7-14-12(11)6-4-10-20-14/h2,4-7,10,13,19H,3,8-9H2,1H3. The molecular weight excluding hydrogens is 265 g/mol. The molecule has 0 fully saturated rings. The summed E-state index contributed by atoms with van der Waals surface area (Å²) in [6, 6.07) is 9.43. The van der Waals surface area contributed by atoms with Gasteiger partial charge in [0.25, 0.3) is 0 Å². The van der Waals surface area contributed by atoms with E-state index in [1.165, 1.54) is 0 Å². The van der Waals surface area contributed by atoms with Crippen LogP contribution in [0.1, 0.15) is 30.9 Å². The van der Waals surface area contributed by atoms with Crippen LogP contribution in [0.2, 0.25) is 0 Å². The molecule has 0 amide bonds. The zero-order valence-electron chi connectivity index (χ0n) is 11.2. The van der Waals surface area contributed by atoms with Crippen LogP contribution in [-0.2, 0) is 0 Å². The topological polar surface area (TPSA) is 24.9 Å². The minimum absolute atomic E-state index is 0.0924. The minimum atomic E-state index is -4.08. The Hall–Kier alpha value is -1.62. The predicted molar refractivity (Wildman–Crippen MR) is 73.4 cm³/mol. The molecule has 1 N–H and O–H groups in total. The number of fused-ring (bicyclic) bond motifs is 1. The molecule has 0 saturated carbocycles. The molecule has 1 unspecified atom stereocenters. The number of nitrogens with zero attached hydrogens (tertiary/aromatic N) is 1. The van der Waals surface area contributed by atoms with Gasteiger partial charge in [0.2, 0.25) is 0 Å². The van der Waals surface area contributed by atoms with Gasteiger partial charge in [0.15, 0.2) is 0 Å². The highest BCUT2D eigenvalue weighted by atomic mass is 19.4. The van der Waals surface area contributed by atoms with Crippen LogP contribution in [0.4, 0.5) is 13.2 Å². The van der Waals surface area contributed by atoms with Crippen molar-refractivity contribution in [1.29, 1.82) is 0 Å². The summed E-state index contributed by atoms with van der Waals surface area (Å²) in [5, 5.41) is 4.09. The second-order valence-electron chi connectivity index (χ2n) is 4.77. The first-order chi connectivity index (χ1) is 9.51. The van der Waals surface area contributed by atoms with Crippen LogP contribution in [0.15, 0.2) is 36.5 Å². The van der Waals surface area contributed by atoms with Crippen molar-refractivity contribution in [2.45, 2.75) is 31.5 Å². The normalized spacial score (nSPS) is 13.6. The number of aromatic nitrogens is 1. The Balaban J connectivity index is 2.17. The van der Waals surface area contributed by atoms with Gasteiger partial charge in [-0.15, -0.1) is 0 Å². The lowest BCUT2D eigenvalue weighted by atomic mass is 9.97. The Morgan fingerprint density at radius 2 is 2.00 bits per heavy atom. The number of hydrogen-bond donors (Lipinski definition) is 1. The Labute approximate surface area is 116 Å². The highest BCUT2D eigenvalue weighted by Gasteiger charge is 2.26. The Bertz CT molecular complexity index is 561. The number of pyridine rings is 1. The number of rotatable bonds is 5. The van der Waals surface area contributed by atoms with Crippen LogP contribution in [-0.4, -0.2) is 18.2 Å². The zero-order chi connectivity index (χ0) is 14.6. The highest BCUT2D eigenvalue weighted by Crippen LogP contribution is 2.29. The molecule has 2 aromatic rings. The van der Waals surface area contributed by atoms with E-state index < -0.39 is 12.6 Å². The fraction of sp³-hybridized carbons (Fsp3) is 0.400. The van der Waals surface area contributed by atoms with Gasteiger partial charge in [0.05, 0.1) is 5.52 Å². The molecule has 1 heterocycles. The van der Waals surface area contributed by atoms with Crippen molar-refractivity contribution in [1.82, 2.24) is 10.3 Å². The number of benzene rings is 1. The van der Waals surface area contributed by atoms with Crippen LogP contribution in [0.3, 0.4) is 0 Å². The molecule has 0 saturated heterocycles. The summed E-state index contributed by atoms with van der Waals surface area (Å²) in [4.78, 5) is 4.27. The lowest BCUT2D eigenvalue weighted by molar-refractivity contribution is -0.135. The molecule has 0 aliphatic heterocycles. The third kappa shape index (κ3) is 3.70. The molecule has 2 nitrogen and oxygen atoms in total. The van der Waals surface area contributed by atoms with E-state index in [0.717, 1.165) is 16.5 Å². The van der Waals surface area contributed by atoms with Crippen molar-refractivity contribution in [2.24, 2.45) is 0 Å². The van der Waals surface area contributed by atoms with E-state index in [9.17, 15) is 13.2 Å². The Kier molecular flexibility index (Phi) is 4.60. The zero-order valence-corrected chi connectivity index (χ0v) is 11.2. The summed E-state index contributed by atoms with van der Waals surface area (Å²) in [5.74, 6) is 0. The fourth-order valence-electron chi connectivity index (χ4n) is 2.39. The molecule has 1 atom stereocenters. The fourth-order valence-corrected chi connectivity index (χ4v) is 2.39. The maximum Gasteiger partial charge on any atom is 0.389 e. The van der Waals surface area contributed by atoms with Gasteiger partial charge >= 0.3 is 6.18 Å². The van der Waals surface area contributed by atoms with E-state index in [4.69, 9.17) is 0 Å². The second-order valence-corrected chi connectivity index (χ2v) is 4.77. The molecule has 2 rings (SSSR count). The largest absolute Gasteiger partial charge is 0.389 e. The van der Waals surface area contributed by atoms with Gasteiger partial charge < -0.3 is 5.32 Å². The third-order valence-electron chi connectivity index (χ3n) is 3.36. The minimum Gasteiger partial charge on any atom is -0.313 e. The summed E-state index contributed by atoms with van der Waals surface area (Å²) in [7, 11) is 1.77. The van der Waals surface area contributed by atoms with Crippen LogP contribution < -0.4 is 5.32 Å². The third-order valence-corrected chi connectivity index (χ3v) is 3.36. The smallest absolute Gasteiger partial charge is 0.313 e. The molecule has 1 aromatic carbocycles. The molecule has 5 heteroatoms. The number of hydrogen-bond acceptors (Lipinski definition) is 2. The van der Waals surface area contributed by atoms with Crippen molar-refractivity contribution in [3.8, 4) is 0 Å². The second kappa shape index (κ2) is 6.22. The van der Waals surface area contributed by atoms with Gasteiger partial charge in [-0.3, -0.25) is 4.98 Å². The van der Waals surface area contributed by atoms with Crippen LogP contribution >= 0.6 is 0 Å². The van der Waals surface area contributed by atoms with Gasteiger partial charge in [-0.05, 0) is 37.6 Å². The first-order valence-electron chi connectivity index (χ1n) is 6.59. The van der Waals surface area contributed by atoms with Gasteiger partial charge in [-0.2, -0.15) is 13.2 Å². The molecule has 20 heavy (non-hydrogen) atoms. The molecular formula is C15H17F3N2. The van der Waals surface area contributed by atoms with Crippen molar-refractivity contribution < 1.29 is 13.2 Å². The van der Waals surface area contributed by atoms with E-state index >= 15 is 0 Å². The van der Waals surface area contributed by atoms with E-state index in [0.29, 0.717) is 6.42 Å². The monoisotopic (exact) mass is 282 g/mol. The van der Waals surface area contributed by atoms with Crippen molar-refractivity contribution in [2.75, 3.05) is 7.05 Å². The Morgan fingerprint density at radius 3 is 2.70 bits per heavy atom. The van der Waals surface area contributed by atoms with E-state index in [-0.39, 0.29) is 12.5 Å². The predicted octanol–water partition coefficient (Wildman–Crippen LogP) is 4.23. The van der Waals surface area contributed by atoms with Crippen LogP contribution in [0.5, 0.6) is 0 Å². The molecule has 0 aliphatic carbocycles.